The molecule has 1 aromatic rings. The van der Waals surface area contributed by atoms with Crippen LogP contribution < -0.4 is 5.32 Å². The highest BCUT2D eigenvalue weighted by Crippen LogP contribution is 2.19. The maximum Gasteiger partial charge on any atom is 0.251 e. The highest BCUT2D eigenvalue weighted by Gasteiger charge is 2.17. The first-order valence-corrected chi connectivity index (χ1v) is 9.51. The molecule has 1 aliphatic rings. The minimum Gasteiger partial charge on any atom is -0.352 e. The van der Waals surface area contributed by atoms with Gasteiger partial charge < -0.3 is 10.2 Å². The SMILES string of the molecule is CSc1ccc(C)c(C(=O)NCCCN2CCCCC2C)c1. The normalized spacial score (nSPS) is 19.1. The monoisotopic (exact) mass is 320 g/mol. The zero-order valence-corrected chi connectivity index (χ0v) is 14.8. The first-order valence-electron chi connectivity index (χ1n) is 8.28. The standard InChI is InChI=1S/C18H28N2OS/c1-14-8-9-16(22-3)13-17(14)18(21)19-10-6-12-20-11-5-4-7-15(20)2/h8-9,13,15H,4-7,10-12H2,1-3H3,(H,19,21). The molecule has 1 unspecified atom stereocenters. The lowest BCUT2D eigenvalue weighted by atomic mass is 10.0. The summed E-state index contributed by atoms with van der Waals surface area (Å²) in [4.78, 5) is 16.0. The van der Waals surface area contributed by atoms with Gasteiger partial charge in [0.25, 0.3) is 5.91 Å². The number of amides is 1. The van der Waals surface area contributed by atoms with E-state index in [0.29, 0.717) is 6.04 Å². The lowest BCUT2D eigenvalue weighted by molar-refractivity contribution is 0.0948. The Morgan fingerprint density at radius 2 is 2.23 bits per heavy atom. The molecule has 1 saturated heterocycles. The lowest BCUT2D eigenvalue weighted by Crippen LogP contribution is -2.39. The number of aryl methyl sites for hydroxylation is 1. The van der Waals surface area contributed by atoms with Gasteiger partial charge in [-0.25, -0.2) is 0 Å². The average molecular weight is 321 g/mol. The van der Waals surface area contributed by atoms with Crippen LogP contribution in [0.3, 0.4) is 0 Å². The van der Waals surface area contributed by atoms with E-state index in [9.17, 15) is 4.79 Å². The predicted octanol–water partition coefficient (Wildman–Crippen LogP) is 3.71. The van der Waals surface area contributed by atoms with E-state index in [1.54, 1.807) is 11.8 Å². The van der Waals surface area contributed by atoms with Gasteiger partial charge in [0.1, 0.15) is 0 Å². The van der Waals surface area contributed by atoms with E-state index < -0.39 is 0 Å². The molecule has 4 heteroatoms. The minimum atomic E-state index is 0.0556. The number of rotatable bonds is 6. The van der Waals surface area contributed by atoms with Crippen LogP contribution in [-0.4, -0.2) is 42.7 Å². The van der Waals surface area contributed by atoms with Crippen molar-refractivity contribution in [1.29, 1.82) is 0 Å². The Labute approximate surface area is 138 Å². The van der Waals surface area contributed by atoms with Crippen molar-refractivity contribution in [3.63, 3.8) is 0 Å². The van der Waals surface area contributed by atoms with Crippen LogP contribution in [0.5, 0.6) is 0 Å². The highest BCUT2D eigenvalue weighted by molar-refractivity contribution is 7.98. The van der Waals surface area contributed by atoms with Crippen molar-refractivity contribution in [2.75, 3.05) is 25.9 Å². The Hall–Kier alpha value is -1.00. The molecular formula is C18H28N2OS. The molecule has 0 saturated carbocycles. The summed E-state index contributed by atoms with van der Waals surface area (Å²) in [5, 5.41) is 3.07. The zero-order chi connectivity index (χ0) is 15.9. The largest absolute Gasteiger partial charge is 0.352 e. The first-order chi connectivity index (χ1) is 10.6. The van der Waals surface area contributed by atoms with E-state index in [2.05, 4.69) is 23.2 Å². The van der Waals surface area contributed by atoms with Crippen molar-refractivity contribution >= 4 is 17.7 Å². The molecule has 1 aromatic carbocycles. The second kappa shape index (κ2) is 8.59. The van der Waals surface area contributed by atoms with E-state index in [4.69, 9.17) is 0 Å². The van der Waals surface area contributed by atoms with Gasteiger partial charge >= 0.3 is 0 Å². The number of carbonyl (C=O) groups excluding carboxylic acids is 1. The molecule has 0 aliphatic carbocycles. The van der Waals surface area contributed by atoms with Gasteiger partial charge in [-0.15, -0.1) is 11.8 Å². The van der Waals surface area contributed by atoms with Gasteiger partial charge in [0, 0.05) is 29.6 Å². The van der Waals surface area contributed by atoms with E-state index in [1.165, 1.54) is 25.8 Å². The summed E-state index contributed by atoms with van der Waals surface area (Å²) in [5.74, 6) is 0.0556. The molecule has 22 heavy (non-hydrogen) atoms. The Bertz CT molecular complexity index is 504. The predicted molar refractivity (Wildman–Crippen MR) is 94.8 cm³/mol. The van der Waals surface area contributed by atoms with Crippen LogP contribution in [0.25, 0.3) is 0 Å². The maximum absolute atomic E-state index is 12.3. The minimum absolute atomic E-state index is 0.0556. The van der Waals surface area contributed by atoms with Crippen molar-refractivity contribution < 1.29 is 4.79 Å². The smallest absolute Gasteiger partial charge is 0.251 e. The number of likely N-dealkylation sites (tertiary alicyclic amines) is 1. The van der Waals surface area contributed by atoms with Crippen molar-refractivity contribution in [2.24, 2.45) is 0 Å². The second-order valence-electron chi connectivity index (χ2n) is 6.17. The third kappa shape index (κ3) is 4.75. The third-order valence-corrected chi connectivity index (χ3v) is 5.26. The van der Waals surface area contributed by atoms with Crippen molar-refractivity contribution in [3.8, 4) is 0 Å². The summed E-state index contributed by atoms with van der Waals surface area (Å²) in [6.07, 6.45) is 7.05. The van der Waals surface area contributed by atoms with Gasteiger partial charge in [0.2, 0.25) is 0 Å². The van der Waals surface area contributed by atoms with E-state index >= 15 is 0 Å². The molecule has 0 aromatic heterocycles. The topological polar surface area (TPSA) is 32.3 Å². The summed E-state index contributed by atoms with van der Waals surface area (Å²) >= 11 is 1.67. The van der Waals surface area contributed by atoms with Gasteiger partial charge in [0.15, 0.2) is 0 Å². The number of hydrogen-bond acceptors (Lipinski definition) is 3. The molecule has 1 heterocycles. The number of benzene rings is 1. The Kier molecular flexibility index (Phi) is 6.77. The Balaban J connectivity index is 1.78. The number of hydrogen-bond donors (Lipinski definition) is 1. The second-order valence-corrected chi connectivity index (χ2v) is 7.05. The van der Waals surface area contributed by atoms with Crippen LogP contribution in [0.1, 0.15) is 48.5 Å². The molecule has 1 N–H and O–H groups in total. The summed E-state index contributed by atoms with van der Waals surface area (Å²) in [7, 11) is 0. The van der Waals surface area contributed by atoms with E-state index in [-0.39, 0.29) is 5.91 Å². The van der Waals surface area contributed by atoms with Gasteiger partial charge in [-0.3, -0.25) is 4.79 Å². The summed E-state index contributed by atoms with van der Waals surface area (Å²) in [6.45, 7) is 7.36. The summed E-state index contributed by atoms with van der Waals surface area (Å²) in [5.41, 5.74) is 1.85. The highest BCUT2D eigenvalue weighted by atomic mass is 32.2. The van der Waals surface area contributed by atoms with Crippen LogP contribution in [0.15, 0.2) is 23.1 Å². The number of carbonyl (C=O) groups is 1. The fourth-order valence-electron chi connectivity index (χ4n) is 3.04. The third-order valence-electron chi connectivity index (χ3n) is 4.54. The van der Waals surface area contributed by atoms with E-state index in [0.717, 1.165) is 35.5 Å². The van der Waals surface area contributed by atoms with Gasteiger partial charge in [-0.1, -0.05) is 12.5 Å². The average Bonchev–Trinajstić information content (AvgIpc) is 2.53. The molecule has 1 aliphatic heterocycles. The molecule has 0 radical (unpaired) electrons. The number of nitrogens with zero attached hydrogens (tertiary/aromatic N) is 1. The summed E-state index contributed by atoms with van der Waals surface area (Å²) < 4.78 is 0. The van der Waals surface area contributed by atoms with Gasteiger partial charge in [-0.2, -0.15) is 0 Å². The molecule has 2 rings (SSSR count). The number of thioether (sulfide) groups is 1. The van der Waals surface area contributed by atoms with Gasteiger partial charge in [0.05, 0.1) is 0 Å². The molecule has 0 bridgehead atoms. The van der Waals surface area contributed by atoms with Crippen LogP contribution in [0.2, 0.25) is 0 Å². The van der Waals surface area contributed by atoms with Crippen LogP contribution >= 0.6 is 11.8 Å². The summed E-state index contributed by atoms with van der Waals surface area (Å²) in [6, 6.07) is 6.78. The first kappa shape index (κ1) is 17.4. The zero-order valence-electron chi connectivity index (χ0n) is 14.0. The molecule has 122 valence electrons. The Morgan fingerprint density at radius 3 is 2.95 bits per heavy atom. The van der Waals surface area contributed by atoms with Crippen LogP contribution in [0, 0.1) is 6.92 Å². The van der Waals surface area contributed by atoms with Crippen molar-refractivity contribution in [3.05, 3.63) is 29.3 Å². The molecule has 1 atom stereocenters. The molecule has 1 amide bonds. The van der Waals surface area contributed by atoms with Crippen LogP contribution in [0.4, 0.5) is 0 Å². The number of piperidine rings is 1. The molecular weight excluding hydrogens is 292 g/mol. The molecule has 3 nitrogen and oxygen atoms in total. The van der Waals surface area contributed by atoms with Crippen molar-refractivity contribution in [1.82, 2.24) is 10.2 Å². The quantitative estimate of drug-likeness (QED) is 0.640. The lowest BCUT2D eigenvalue weighted by Gasteiger charge is -2.33. The van der Waals surface area contributed by atoms with Gasteiger partial charge in [-0.05, 0) is 63.6 Å². The Morgan fingerprint density at radius 1 is 1.41 bits per heavy atom. The molecule has 1 fully saturated rings. The molecule has 0 spiro atoms. The fourth-order valence-corrected chi connectivity index (χ4v) is 3.48. The van der Waals surface area contributed by atoms with E-state index in [1.807, 2.05) is 25.3 Å². The van der Waals surface area contributed by atoms with Crippen molar-refractivity contribution in [2.45, 2.75) is 50.5 Å². The maximum atomic E-state index is 12.3. The van der Waals surface area contributed by atoms with Crippen LogP contribution in [-0.2, 0) is 0 Å². The number of nitrogens with one attached hydrogen (secondary N) is 1. The fraction of sp³-hybridized carbons (Fsp3) is 0.611.